The molecule has 0 saturated carbocycles. The molecular weight excluding hydrogens is 577 g/mol. The molecule has 1 rings (SSSR count). The van der Waals surface area contributed by atoms with Gasteiger partial charge in [-0.2, -0.15) is 39.8 Å². The highest BCUT2D eigenvalue weighted by Crippen LogP contribution is 2.26. The summed E-state index contributed by atoms with van der Waals surface area (Å²) in [5.74, 6) is 0.0421. The second-order valence-corrected chi connectivity index (χ2v) is 11.8. The molecule has 1 aromatic rings. The molecule has 10 nitrogen and oxygen atoms in total. The highest BCUT2D eigenvalue weighted by molar-refractivity contribution is 7.86. The second kappa shape index (κ2) is 17.4. The second-order valence-electron chi connectivity index (χ2n) is 8.44. The topological polar surface area (TPSA) is 130 Å². The van der Waals surface area contributed by atoms with Gasteiger partial charge in [-0.3, -0.25) is 4.28 Å². The molecule has 40 heavy (non-hydrogen) atoms. The van der Waals surface area contributed by atoms with Crippen LogP contribution in [0.1, 0.15) is 52.5 Å². The molecule has 0 radical (unpaired) electrons. The number of hydrogen-bond acceptors (Lipinski definition) is 10. The maximum atomic E-state index is 13.4. The van der Waals surface area contributed by atoms with Gasteiger partial charge in [-0.25, -0.2) is 0 Å². The van der Waals surface area contributed by atoms with E-state index in [1.54, 1.807) is 50.5 Å². The van der Waals surface area contributed by atoms with Gasteiger partial charge in [0.2, 0.25) is 0 Å². The summed E-state index contributed by atoms with van der Waals surface area (Å²) in [4.78, 5) is 0. The van der Waals surface area contributed by atoms with E-state index in [-0.39, 0.29) is 31.0 Å². The molecule has 0 saturated heterocycles. The zero-order valence-corrected chi connectivity index (χ0v) is 24.6. The molecule has 0 aliphatic carbocycles. The first-order valence-corrected chi connectivity index (χ1v) is 15.7. The molecular formula is C25H37F3N2O8S2. The van der Waals surface area contributed by atoms with E-state index >= 15 is 0 Å². The molecule has 1 N–H and O–H groups in total. The minimum atomic E-state index is -4.79. The number of nitrogens with one attached hydrogen (secondary N) is 1. The zero-order chi connectivity index (χ0) is 30.2. The fourth-order valence-electron chi connectivity index (χ4n) is 3.03. The van der Waals surface area contributed by atoms with E-state index in [0.29, 0.717) is 36.5 Å². The van der Waals surface area contributed by atoms with Gasteiger partial charge >= 0.3 is 16.3 Å². The van der Waals surface area contributed by atoms with Gasteiger partial charge in [-0.1, -0.05) is 37.2 Å². The van der Waals surface area contributed by atoms with Crippen LogP contribution in [-0.2, 0) is 33.5 Å². The van der Waals surface area contributed by atoms with Crippen LogP contribution in [0.25, 0.3) is 0 Å². The first-order chi connectivity index (χ1) is 18.7. The monoisotopic (exact) mass is 614 g/mol. The van der Waals surface area contributed by atoms with Crippen LogP contribution < -0.4 is 10.2 Å². The van der Waals surface area contributed by atoms with Crippen molar-refractivity contribution in [1.29, 1.82) is 0 Å². The Morgan fingerprint density at radius 3 is 2.23 bits per heavy atom. The fraction of sp³-hybridized carbons (Fsp3) is 0.560. The summed E-state index contributed by atoms with van der Waals surface area (Å²) in [6.45, 7) is 6.92. The van der Waals surface area contributed by atoms with Crippen LogP contribution in [0.2, 0.25) is 0 Å². The molecule has 0 heterocycles. The van der Waals surface area contributed by atoms with Crippen LogP contribution in [0.15, 0.2) is 53.2 Å². The Kier molecular flexibility index (Phi) is 15.4. The number of rotatable bonds is 19. The van der Waals surface area contributed by atoms with Gasteiger partial charge in [0.05, 0.1) is 37.0 Å². The Balaban J connectivity index is 2.47. The van der Waals surface area contributed by atoms with Crippen LogP contribution >= 0.6 is 0 Å². The Morgan fingerprint density at radius 2 is 1.65 bits per heavy atom. The lowest BCUT2D eigenvalue weighted by atomic mass is 10.1. The molecule has 15 heteroatoms. The first kappa shape index (κ1) is 35.6. The molecule has 1 unspecified atom stereocenters. The number of allylic oxidation sites excluding steroid dienone is 1. The number of benzene rings is 1. The Morgan fingerprint density at radius 1 is 1.02 bits per heavy atom. The lowest BCUT2D eigenvalue weighted by molar-refractivity contribution is -0.161. The van der Waals surface area contributed by atoms with E-state index in [9.17, 15) is 30.0 Å². The summed E-state index contributed by atoms with van der Waals surface area (Å²) in [5.41, 5.74) is 2.44. The zero-order valence-electron chi connectivity index (χ0n) is 22.9. The molecule has 1 atom stereocenters. The van der Waals surface area contributed by atoms with Crippen molar-refractivity contribution < 1.29 is 48.0 Å². The van der Waals surface area contributed by atoms with Crippen molar-refractivity contribution in [3.63, 3.8) is 0 Å². The van der Waals surface area contributed by atoms with E-state index in [1.165, 1.54) is 25.2 Å². The van der Waals surface area contributed by atoms with Gasteiger partial charge < -0.3 is 9.47 Å². The van der Waals surface area contributed by atoms with Gasteiger partial charge in [-0.05, 0) is 62.1 Å². The fourth-order valence-corrected chi connectivity index (χ4v) is 4.65. The molecule has 0 aliphatic heterocycles. The van der Waals surface area contributed by atoms with Crippen molar-refractivity contribution in [2.45, 2.75) is 59.2 Å². The van der Waals surface area contributed by atoms with E-state index in [2.05, 4.69) is 13.7 Å². The molecule has 0 aromatic heterocycles. The van der Waals surface area contributed by atoms with Crippen LogP contribution in [0.3, 0.4) is 0 Å². The lowest BCUT2D eigenvalue weighted by Gasteiger charge is -2.22. The van der Waals surface area contributed by atoms with Crippen molar-refractivity contribution >= 4 is 25.9 Å². The summed E-state index contributed by atoms with van der Waals surface area (Å²) in [6, 6.07) is 4.46. The van der Waals surface area contributed by atoms with Crippen molar-refractivity contribution in [2.75, 3.05) is 31.3 Å². The number of hydroxylamine groups is 1. The lowest BCUT2D eigenvalue weighted by Crippen LogP contribution is -2.44. The highest BCUT2D eigenvalue weighted by atomic mass is 32.2. The summed E-state index contributed by atoms with van der Waals surface area (Å²) in [6.07, 6.45) is 0.111. The van der Waals surface area contributed by atoms with Gasteiger partial charge in [0.25, 0.3) is 10.1 Å². The number of alkyl halides is 3. The normalized spacial score (nSPS) is 14.5. The van der Waals surface area contributed by atoms with Crippen LogP contribution in [0.4, 0.5) is 13.2 Å². The van der Waals surface area contributed by atoms with Crippen molar-refractivity contribution in [3.05, 3.63) is 53.6 Å². The summed E-state index contributed by atoms with van der Waals surface area (Å²) in [7, 11) is -7.83. The van der Waals surface area contributed by atoms with E-state index in [1.807, 2.05) is 0 Å². The number of halogens is 3. The van der Waals surface area contributed by atoms with E-state index in [0.717, 1.165) is 0 Å². The summed E-state index contributed by atoms with van der Waals surface area (Å²) in [5, 5.41) is 3.66. The molecule has 0 aliphatic rings. The van der Waals surface area contributed by atoms with Crippen molar-refractivity contribution in [2.24, 2.45) is 5.16 Å². The third kappa shape index (κ3) is 14.3. The minimum Gasteiger partial charge on any atom is -0.494 e. The average Bonchev–Trinajstić information content (AvgIpc) is 2.87. The molecule has 228 valence electrons. The number of ether oxygens (including phenoxy) is 2. The maximum absolute atomic E-state index is 13.4. The molecule has 0 bridgehead atoms. The van der Waals surface area contributed by atoms with Crippen LogP contribution in [0, 0.1) is 0 Å². The molecule has 0 amide bonds. The van der Waals surface area contributed by atoms with Crippen molar-refractivity contribution in [3.8, 4) is 5.75 Å². The number of hydrogen-bond donors (Lipinski definition) is 1. The maximum Gasteiger partial charge on any atom is 0.410 e. The first-order valence-electron chi connectivity index (χ1n) is 12.6. The quantitative estimate of drug-likeness (QED) is 0.102. The molecule has 1 aromatic carbocycles. The molecule has 0 fully saturated rings. The molecule has 0 spiro atoms. The highest BCUT2D eigenvalue weighted by Gasteiger charge is 2.42. The standard InChI is InChI=1S/C25H37F3N2O8S2/c1-5-18-39(31,32)37-29-20(4)22-11-13-23(14-12-22)36-17-9-16-35-15-8-10-21(7-3)24(25(26,27)28)30-38-40(33,34)19-6-2/h7-8,10-14,24,30H,5-6,9,15-19H2,1-4H3/b10-8-,21-7+,29-20+. The number of nitrogens with zero attached hydrogens (tertiary/aromatic N) is 1. The summed E-state index contributed by atoms with van der Waals surface area (Å²) >= 11 is 0. The van der Waals surface area contributed by atoms with Gasteiger partial charge in [-0.15, -0.1) is 0 Å². The van der Waals surface area contributed by atoms with Gasteiger partial charge in [0, 0.05) is 6.42 Å². The number of oxime groups is 1. The SMILES string of the molecule is C/C=C(\C=C/COCCCOc1ccc(/C(C)=N/OS(=O)(=O)CCC)cc1)C(NOS(=O)(=O)CCC)C(F)(F)F. The van der Waals surface area contributed by atoms with E-state index < -0.39 is 38.2 Å². The smallest absolute Gasteiger partial charge is 0.410 e. The Bertz CT molecular complexity index is 1200. The minimum absolute atomic E-state index is 0.0280. The van der Waals surface area contributed by atoms with Gasteiger partial charge in [0.1, 0.15) is 5.75 Å². The summed E-state index contributed by atoms with van der Waals surface area (Å²) < 4.78 is 107. The van der Waals surface area contributed by atoms with Crippen LogP contribution in [0.5, 0.6) is 5.75 Å². The van der Waals surface area contributed by atoms with Crippen LogP contribution in [-0.4, -0.2) is 66.1 Å². The van der Waals surface area contributed by atoms with Gasteiger partial charge in [0.15, 0.2) is 6.04 Å². The Labute approximate surface area is 234 Å². The Hall–Kier alpha value is -2.46. The average molecular weight is 615 g/mol. The predicted octanol–water partition coefficient (Wildman–Crippen LogP) is 4.65. The third-order valence-corrected chi connectivity index (χ3v) is 7.45. The third-order valence-electron chi connectivity index (χ3n) is 4.98. The van der Waals surface area contributed by atoms with Crippen molar-refractivity contribution in [1.82, 2.24) is 5.48 Å². The van der Waals surface area contributed by atoms with E-state index in [4.69, 9.17) is 9.47 Å². The predicted molar refractivity (Wildman–Crippen MR) is 146 cm³/mol. The largest absolute Gasteiger partial charge is 0.494 e.